The summed E-state index contributed by atoms with van der Waals surface area (Å²) < 4.78 is 6.78. The van der Waals surface area contributed by atoms with Crippen molar-refractivity contribution in [1.82, 2.24) is 9.88 Å². The molecule has 0 bridgehead atoms. The first-order valence-corrected chi connectivity index (χ1v) is 9.88. The quantitative estimate of drug-likeness (QED) is 0.570. The zero-order valence-corrected chi connectivity index (χ0v) is 16.6. The molecule has 1 aliphatic rings. The Balaban J connectivity index is 1.50. The van der Waals surface area contributed by atoms with Crippen molar-refractivity contribution in [2.24, 2.45) is 0 Å². The molecule has 1 amide bonds. The molecule has 0 atom stereocenters. The maximum atomic E-state index is 12.8. The fourth-order valence-electron chi connectivity index (χ4n) is 3.90. The molecule has 0 spiro atoms. The minimum atomic E-state index is -0.532. The van der Waals surface area contributed by atoms with Crippen molar-refractivity contribution in [3.05, 3.63) is 88.4 Å². The number of carbonyl (C=O) groups excluding carboxylic acids is 1. The van der Waals surface area contributed by atoms with E-state index >= 15 is 0 Å². The number of amides is 1. The topological polar surface area (TPSA) is 67.5 Å². The molecule has 4 aromatic rings. The number of hydrogen-bond acceptors (Lipinski definition) is 4. The summed E-state index contributed by atoms with van der Waals surface area (Å²) >= 11 is 0. The molecule has 0 aliphatic carbocycles. The molecular weight excluding hydrogens is 378 g/mol. The van der Waals surface area contributed by atoms with Crippen LogP contribution in [0.1, 0.15) is 11.1 Å². The number of hydrogen-bond donors (Lipinski definition) is 1. The van der Waals surface area contributed by atoms with Gasteiger partial charge in [0, 0.05) is 25.8 Å². The molecular formula is C24H21N3O3. The molecule has 0 fully saturated rings. The molecule has 1 N–H and O–H groups in total. The van der Waals surface area contributed by atoms with Crippen LogP contribution in [0.5, 0.6) is 0 Å². The van der Waals surface area contributed by atoms with Crippen LogP contribution in [0.15, 0.2) is 75.9 Å². The van der Waals surface area contributed by atoms with Crippen LogP contribution >= 0.6 is 0 Å². The molecule has 6 heteroatoms. The molecule has 2 heterocycles. The van der Waals surface area contributed by atoms with Gasteiger partial charge in [-0.15, -0.1) is 0 Å². The summed E-state index contributed by atoms with van der Waals surface area (Å²) in [5, 5.41) is 3.35. The van der Waals surface area contributed by atoms with Gasteiger partial charge in [0.2, 0.25) is 5.91 Å². The first-order valence-electron chi connectivity index (χ1n) is 9.88. The largest absolute Gasteiger partial charge is 0.420 e. The van der Waals surface area contributed by atoms with E-state index in [4.69, 9.17) is 4.42 Å². The second-order valence-electron chi connectivity index (χ2n) is 7.51. The van der Waals surface area contributed by atoms with Crippen LogP contribution in [0.4, 0.5) is 5.69 Å². The van der Waals surface area contributed by atoms with Crippen LogP contribution in [0, 0.1) is 0 Å². The first kappa shape index (κ1) is 18.4. The predicted molar refractivity (Wildman–Crippen MR) is 116 cm³/mol. The van der Waals surface area contributed by atoms with E-state index in [1.807, 2.05) is 42.5 Å². The monoisotopic (exact) mass is 399 g/mol. The zero-order chi connectivity index (χ0) is 20.7. The van der Waals surface area contributed by atoms with E-state index in [2.05, 4.69) is 23.5 Å². The summed E-state index contributed by atoms with van der Waals surface area (Å²) in [6, 6.07) is 21.4. The van der Waals surface area contributed by atoms with Crippen molar-refractivity contribution in [3.63, 3.8) is 0 Å². The summed E-state index contributed by atoms with van der Waals surface area (Å²) in [5.74, 6) is -0.727. The van der Waals surface area contributed by atoms with E-state index in [9.17, 15) is 9.59 Å². The van der Waals surface area contributed by atoms with Crippen LogP contribution in [0.2, 0.25) is 0 Å². The van der Waals surface area contributed by atoms with Gasteiger partial charge >= 0.3 is 5.76 Å². The second kappa shape index (κ2) is 7.31. The molecule has 3 aromatic carbocycles. The predicted octanol–water partition coefficient (Wildman–Crippen LogP) is 3.53. The number of benzene rings is 3. The smallest absolute Gasteiger partial charge is 0.408 e. The van der Waals surface area contributed by atoms with Gasteiger partial charge < -0.3 is 14.6 Å². The summed E-state index contributed by atoms with van der Waals surface area (Å²) in [7, 11) is 1.70. The Hall–Kier alpha value is -3.64. The number of aromatic nitrogens is 1. The van der Waals surface area contributed by atoms with Gasteiger partial charge in [-0.3, -0.25) is 9.36 Å². The lowest BCUT2D eigenvalue weighted by atomic mass is 10.0. The molecule has 1 aliphatic heterocycles. The number of rotatable bonds is 4. The van der Waals surface area contributed by atoms with Gasteiger partial charge in [-0.05, 0) is 52.6 Å². The summed E-state index contributed by atoms with van der Waals surface area (Å²) in [4.78, 5) is 26.8. The van der Waals surface area contributed by atoms with Gasteiger partial charge in [0.1, 0.15) is 6.54 Å². The number of nitrogens with one attached hydrogen (secondary N) is 1. The Bertz CT molecular complexity index is 1300. The minimum Gasteiger partial charge on any atom is -0.408 e. The van der Waals surface area contributed by atoms with Crippen LogP contribution in [0.25, 0.3) is 22.2 Å². The summed E-state index contributed by atoms with van der Waals surface area (Å²) in [6.07, 6.45) is 0. The highest BCUT2D eigenvalue weighted by Crippen LogP contribution is 2.28. The van der Waals surface area contributed by atoms with E-state index in [-0.39, 0.29) is 12.5 Å². The number of nitrogens with zero attached hydrogens (tertiary/aromatic N) is 2. The first-order chi connectivity index (χ1) is 14.6. The van der Waals surface area contributed by atoms with Crippen LogP contribution < -0.4 is 16.0 Å². The SMILES string of the molecule is CN(C(=O)Cn1c(=O)oc2ccc(-c3ccc4c(c3)CNC4)cc21)c1ccccc1. The molecule has 0 unspecified atom stereocenters. The fourth-order valence-corrected chi connectivity index (χ4v) is 3.90. The third kappa shape index (κ3) is 3.21. The van der Waals surface area contributed by atoms with Crippen LogP contribution in [-0.2, 0) is 24.4 Å². The standard InChI is InChI=1S/C24H21N3O3/c1-26(20-5-3-2-4-6-20)23(28)15-27-21-12-17(9-10-22(21)30-24(27)29)16-7-8-18-13-25-14-19(18)11-16/h2-12,25H,13-15H2,1H3. The van der Waals surface area contributed by atoms with Crippen molar-refractivity contribution in [2.75, 3.05) is 11.9 Å². The highest BCUT2D eigenvalue weighted by Gasteiger charge is 2.18. The molecule has 1 aromatic heterocycles. The molecule has 0 saturated carbocycles. The molecule has 0 saturated heterocycles. The number of likely N-dealkylation sites (N-methyl/N-ethyl adjacent to an activating group) is 1. The van der Waals surface area contributed by atoms with Crippen LogP contribution in [-0.4, -0.2) is 17.5 Å². The van der Waals surface area contributed by atoms with E-state index in [0.29, 0.717) is 11.1 Å². The Kier molecular flexibility index (Phi) is 4.48. The number of para-hydroxylation sites is 1. The van der Waals surface area contributed by atoms with E-state index in [1.54, 1.807) is 18.0 Å². The Morgan fingerprint density at radius 3 is 2.57 bits per heavy atom. The van der Waals surface area contributed by atoms with Crippen LogP contribution in [0.3, 0.4) is 0 Å². The normalized spacial score (nSPS) is 12.8. The zero-order valence-electron chi connectivity index (χ0n) is 16.6. The van der Waals surface area contributed by atoms with Gasteiger partial charge in [0.25, 0.3) is 0 Å². The van der Waals surface area contributed by atoms with Gasteiger partial charge in [-0.2, -0.15) is 0 Å². The van der Waals surface area contributed by atoms with Crippen molar-refractivity contribution in [1.29, 1.82) is 0 Å². The number of anilines is 1. The average molecular weight is 399 g/mol. The van der Waals surface area contributed by atoms with Crippen molar-refractivity contribution < 1.29 is 9.21 Å². The number of carbonyl (C=O) groups is 1. The average Bonchev–Trinajstić information content (AvgIpc) is 3.37. The summed E-state index contributed by atoms with van der Waals surface area (Å²) in [6.45, 7) is 1.67. The molecule has 0 radical (unpaired) electrons. The Labute approximate surface area is 173 Å². The lowest BCUT2D eigenvalue weighted by Gasteiger charge is -2.17. The molecule has 6 nitrogen and oxygen atoms in total. The highest BCUT2D eigenvalue weighted by atomic mass is 16.4. The Morgan fingerprint density at radius 1 is 1.00 bits per heavy atom. The maximum absolute atomic E-state index is 12.8. The van der Waals surface area contributed by atoms with E-state index in [0.717, 1.165) is 29.9 Å². The van der Waals surface area contributed by atoms with E-state index < -0.39 is 5.76 Å². The Morgan fingerprint density at radius 2 is 1.73 bits per heavy atom. The fraction of sp³-hybridized carbons (Fsp3) is 0.167. The van der Waals surface area contributed by atoms with Gasteiger partial charge in [-0.25, -0.2) is 4.79 Å². The van der Waals surface area contributed by atoms with E-state index in [1.165, 1.54) is 15.7 Å². The lowest BCUT2D eigenvalue weighted by molar-refractivity contribution is -0.118. The lowest BCUT2D eigenvalue weighted by Crippen LogP contribution is -2.32. The molecule has 5 rings (SSSR count). The van der Waals surface area contributed by atoms with Gasteiger partial charge in [0.05, 0.1) is 5.52 Å². The maximum Gasteiger partial charge on any atom is 0.420 e. The van der Waals surface area contributed by atoms with Crippen molar-refractivity contribution >= 4 is 22.7 Å². The minimum absolute atomic E-state index is 0.0885. The van der Waals surface area contributed by atoms with Crippen molar-refractivity contribution in [3.8, 4) is 11.1 Å². The molecule has 150 valence electrons. The van der Waals surface area contributed by atoms with Gasteiger partial charge in [0.15, 0.2) is 5.58 Å². The third-order valence-corrected chi connectivity index (χ3v) is 5.65. The second-order valence-corrected chi connectivity index (χ2v) is 7.51. The summed E-state index contributed by atoms with van der Waals surface area (Å²) in [5.41, 5.74) is 6.53. The van der Waals surface area contributed by atoms with Gasteiger partial charge in [-0.1, -0.05) is 36.4 Å². The highest BCUT2D eigenvalue weighted by molar-refractivity contribution is 5.93. The third-order valence-electron chi connectivity index (χ3n) is 5.65. The van der Waals surface area contributed by atoms with Crippen molar-refractivity contribution in [2.45, 2.75) is 19.6 Å². The number of oxazole rings is 1. The molecule has 30 heavy (non-hydrogen) atoms. The number of fused-ring (bicyclic) bond motifs is 2.